The monoisotopic (exact) mass is 458 g/mol. The molecule has 1 fully saturated rings. The number of methoxy groups -OCH3 is 1. The number of ether oxygens (including phenoxy) is 2. The summed E-state index contributed by atoms with van der Waals surface area (Å²) in [6.45, 7) is 4.95. The fourth-order valence-corrected chi connectivity index (χ4v) is 4.15. The molecule has 1 heterocycles. The molecule has 1 amide bonds. The van der Waals surface area contributed by atoms with Crippen LogP contribution in [0.3, 0.4) is 0 Å². The van der Waals surface area contributed by atoms with Gasteiger partial charge in [0.05, 0.1) is 29.9 Å². The molecule has 0 saturated carbocycles. The van der Waals surface area contributed by atoms with Crippen molar-refractivity contribution in [1.82, 2.24) is 4.90 Å². The lowest BCUT2D eigenvalue weighted by molar-refractivity contribution is -0.122. The van der Waals surface area contributed by atoms with Crippen LogP contribution in [0.1, 0.15) is 36.2 Å². The molecular weight excluding hydrogens is 436 g/mol. The highest BCUT2D eigenvalue weighted by Gasteiger charge is 2.32. The Kier molecular flexibility index (Phi) is 7.76. The number of thioether (sulfide) groups is 1. The quantitative estimate of drug-likeness (QED) is 0.402. The van der Waals surface area contributed by atoms with E-state index in [1.54, 1.807) is 53.4 Å². The lowest BCUT2D eigenvalue weighted by atomic mass is 10.2. The Bertz CT molecular complexity index is 1050. The Morgan fingerprint density at radius 1 is 1.23 bits per heavy atom. The van der Waals surface area contributed by atoms with Crippen LogP contribution in [0, 0.1) is 0 Å². The molecule has 0 radical (unpaired) electrons. The zero-order valence-corrected chi connectivity index (χ0v) is 19.1. The van der Waals surface area contributed by atoms with E-state index in [-0.39, 0.29) is 5.91 Å². The number of aliphatic imine (C=N–C) groups is 1. The van der Waals surface area contributed by atoms with E-state index in [0.29, 0.717) is 45.2 Å². The zero-order chi connectivity index (χ0) is 22.4. The maximum absolute atomic E-state index is 13.0. The molecule has 0 bridgehead atoms. The van der Waals surface area contributed by atoms with E-state index >= 15 is 0 Å². The maximum atomic E-state index is 13.0. The third-order valence-electron chi connectivity index (χ3n) is 4.42. The van der Waals surface area contributed by atoms with Gasteiger partial charge in [-0.25, -0.2) is 9.79 Å². The van der Waals surface area contributed by atoms with E-state index in [0.717, 1.165) is 12.0 Å². The average molecular weight is 459 g/mol. The fourth-order valence-electron chi connectivity index (χ4n) is 2.92. The number of carbonyl (C=O) groups excluding carboxylic acids is 2. The molecule has 0 aromatic heterocycles. The normalized spacial score (nSPS) is 16.3. The van der Waals surface area contributed by atoms with Crippen LogP contribution < -0.4 is 4.74 Å². The molecule has 0 atom stereocenters. The Balaban J connectivity index is 1.95. The molecule has 0 unspecified atom stereocenters. The van der Waals surface area contributed by atoms with Gasteiger partial charge in [-0.15, -0.1) is 0 Å². The lowest BCUT2D eigenvalue weighted by Crippen LogP contribution is -2.28. The van der Waals surface area contributed by atoms with Gasteiger partial charge in [0.15, 0.2) is 5.17 Å². The first-order valence-electron chi connectivity index (χ1n) is 9.87. The molecule has 0 spiro atoms. The van der Waals surface area contributed by atoms with Gasteiger partial charge in [0.25, 0.3) is 5.91 Å². The van der Waals surface area contributed by atoms with Gasteiger partial charge in [0, 0.05) is 17.1 Å². The Morgan fingerprint density at radius 3 is 2.74 bits per heavy atom. The number of nitrogens with zero attached hydrogens (tertiary/aromatic N) is 2. The Labute approximate surface area is 190 Å². The van der Waals surface area contributed by atoms with Gasteiger partial charge in [-0.1, -0.05) is 24.6 Å². The minimum absolute atomic E-state index is 0.142. The van der Waals surface area contributed by atoms with Crippen LogP contribution in [0.15, 0.2) is 52.4 Å². The number of esters is 1. The predicted molar refractivity (Wildman–Crippen MR) is 125 cm³/mol. The third kappa shape index (κ3) is 5.48. The van der Waals surface area contributed by atoms with E-state index in [1.807, 2.05) is 13.8 Å². The van der Waals surface area contributed by atoms with E-state index < -0.39 is 5.97 Å². The van der Waals surface area contributed by atoms with Crippen molar-refractivity contribution >= 4 is 52.2 Å². The van der Waals surface area contributed by atoms with Crippen molar-refractivity contribution < 1.29 is 19.1 Å². The standard InChI is InChI=1S/C23H23ClN2O4S/c1-4-11-30-19-10-9-17(24)12-16(19)14-20-21(27)26(5-2)23(31-20)25-18-8-6-7-15(13-18)22(28)29-3/h6-10,12-14H,4-5,11H2,1-3H3. The molecule has 0 aliphatic carbocycles. The average Bonchev–Trinajstić information content (AvgIpc) is 3.06. The number of amidine groups is 1. The van der Waals surface area contributed by atoms with Gasteiger partial charge in [-0.2, -0.15) is 0 Å². The molecule has 1 aliphatic rings. The van der Waals surface area contributed by atoms with Crippen LogP contribution >= 0.6 is 23.4 Å². The van der Waals surface area contributed by atoms with Crippen LogP contribution in [0.2, 0.25) is 5.02 Å². The second-order valence-electron chi connectivity index (χ2n) is 6.63. The Hall–Kier alpha value is -2.77. The highest BCUT2D eigenvalue weighted by Crippen LogP contribution is 2.36. The number of carbonyl (C=O) groups is 2. The van der Waals surface area contributed by atoms with Gasteiger partial charge in [-0.3, -0.25) is 9.69 Å². The molecule has 8 heteroatoms. The summed E-state index contributed by atoms with van der Waals surface area (Å²) in [5, 5.41) is 1.10. The van der Waals surface area contributed by atoms with Gasteiger partial charge in [0.1, 0.15) is 5.75 Å². The summed E-state index contributed by atoms with van der Waals surface area (Å²) in [4.78, 5) is 31.5. The van der Waals surface area contributed by atoms with E-state index in [2.05, 4.69) is 4.99 Å². The van der Waals surface area contributed by atoms with Gasteiger partial charge >= 0.3 is 5.97 Å². The second kappa shape index (κ2) is 10.5. The molecular formula is C23H23ClN2O4S. The number of hydrogen-bond acceptors (Lipinski definition) is 6. The SMILES string of the molecule is CCCOc1ccc(Cl)cc1C=C1SC(=Nc2cccc(C(=O)OC)c2)N(CC)C1=O. The summed E-state index contributed by atoms with van der Waals surface area (Å²) < 4.78 is 10.6. The number of likely N-dealkylation sites (N-methyl/N-ethyl adjacent to an activating group) is 1. The van der Waals surface area contributed by atoms with Crippen molar-refractivity contribution in [1.29, 1.82) is 0 Å². The first kappa shape index (κ1) is 22.9. The number of benzene rings is 2. The van der Waals surface area contributed by atoms with Crippen LogP contribution in [0.5, 0.6) is 5.75 Å². The fraction of sp³-hybridized carbons (Fsp3) is 0.261. The topological polar surface area (TPSA) is 68.2 Å². The van der Waals surface area contributed by atoms with Gasteiger partial charge in [-0.05, 0) is 67.6 Å². The van der Waals surface area contributed by atoms with Crippen molar-refractivity contribution in [3.8, 4) is 5.75 Å². The number of hydrogen-bond donors (Lipinski definition) is 0. The minimum Gasteiger partial charge on any atom is -0.493 e. The van der Waals surface area contributed by atoms with E-state index in [9.17, 15) is 9.59 Å². The highest BCUT2D eigenvalue weighted by atomic mass is 35.5. The lowest BCUT2D eigenvalue weighted by Gasteiger charge is -2.12. The summed E-state index contributed by atoms with van der Waals surface area (Å²) in [5.41, 5.74) is 1.70. The van der Waals surface area contributed by atoms with Crippen molar-refractivity contribution in [2.45, 2.75) is 20.3 Å². The molecule has 31 heavy (non-hydrogen) atoms. The number of rotatable bonds is 7. The van der Waals surface area contributed by atoms with Crippen molar-refractivity contribution in [3.05, 3.63) is 63.5 Å². The maximum Gasteiger partial charge on any atom is 0.337 e. The summed E-state index contributed by atoms with van der Waals surface area (Å²) >= 11 is 7.44. The molecule has 1 saturated heterocycles. The molecule has 3 rings (SSSR count). The predicted octanol–water partition coefficient (Wildman–Crippen LogP) is 5.54. The Morgan fingerprint density at radius 2 is 2.03 bits per heavy atom. The van der Waals surface area contributed by atoms with Gasteiger partial charge < -0.3 is 9.47 Å². The second-order valence-corrected chi connectivity index (χ2v) is 8.07. The van der Waals surface area contributed by atoms with Crippen LogP contribution in [0.4, 0.5) is 5.69 Å². The molecule has 0 N–H and O–H groups in total. The number of amides is 1. The molecule has 2 aromatic rings. The largest absolute Gasteiger partial charge is 0.493 e. The van der Waals surface area contributed by atoms with Crippen LogP contribution in [-0.4, -0.2) is 42.2 Å². The van der Waals surface area contributed by atoms with Crippen molar-refractivity contribution in [3.63, 3.8) is 0 Å². The summed E-state index contributed by atoms with van der Waals surface area (Å²) in [7, 11) is 1.33. The highest BCUT2D eigenvalue weighted by molar-refractivity contribution is 8.18. The molecule has 1 aliphatic heterocycles. The summed E-state index contributed by atoms with van der Waals surface area (Å²) in [5.74, 6) is 0.0915. The molecule has 6 nitrogen and oxygen atoms in total. The third-order valence-corrected chi connectivity index (χ3v) is 5.66. The van der Waals surface area contributed by atoms with Gasteiger partial charge in [0.2, 0.25) is 0 Å². The van der Waals surface area contributed by atoms with Crippen LogP contribution in [0.25, 0.3) is 6.08 Å². The first-order chi connectivity index (χ1) is 15.0. The summed E-state index contributed by atoms with van der Waals surface area (Å²) in [6, 6.07) is 12.1. The minimum atomic E-state index is -0.439. The van der Waals surface area contributed by atoms with E-state index in [1.165, 1.54) is 18.9 Å². The van der Waals surface area contributed by atoms with Crippen molar-refractivity contribution in [2.75, 3.05) is 20.3 Å². The first-order valence-corrected chi connectivity index (χ1v) is 11.1. The molecule has 2 aromatic carbocycles. The van der Waals surface area contributed by atoms with Crippen LogP contribution in [-0.2, 0) is 9.53 Å². The van der Waals surface area contributed by atoms with Crippen molar-refractivity contribution in [2.24, 2.45) is 4.99 Å². The number of halogens is 1. The summed E-state index contributed by atoms with van der Waals surface area (Å²) in [6.07, 6.45) is 2.65. The molecule has 162 valence electrons. The van der Waals surface area contributed by atoms with E-state index in [4.69, 9.17) is 21.1 Å². The smallest absolute Gasteiger partial charge is 0.337 e. The zero-order valence-electron chi connectivity index (χ0n) is 17.6.